The van der Waals surface area contributed by atoms with Crippen LogP contribution in [0.2, 0.25) is 0 Å². The lowest BCUT2D eigenvalue weighted by molar-refractivity contribution is -0.149. The molecule has 0 saturated carbocycles. The van der Waals surface area contributed by atoms with Crippen LogP contribution in [-0.2, 0) is 4.79 Å². The van der Waals surface area contributed by atoms with Gasteiger partial charge in [-0.15, -0.1) is 0 Å². The van der Waals surface area contributed by atoms with E-state index >= 15 is 0 Å². The van der Waals surface area contributed by atoms with Crippen molar-refractivity contribution in [2.75, 3.05) is 6.54 Å². The minimum atomic E-state index is -1.01. The van der Waals surface area contributed by atoms with E-state index in [0.29, 0.717) is 24.0 Å². The molecule has 0 bridgehead atoms. The van der Waals surface area contributed by atoms with Crippen molar-refractivity contribution in [3.05, 3.63) is 71.3 Å². The van der Waals surface area contributed by atoms with Gasteiger partial charge in [0.25, 0.3) is 5.91 Å². The van der Waals surface area contributed by atoms with Crippen LogP contribution in [-0.4, -0.2) is 29.3 Å². The number of hydrogen-bond acceptors (Lipinski definition) is 3. The smallest absolute Gasteiger partial charge is 0.311 e. The molecule has 0 heterocycles. The highest BCUT2D eigenvalue weighted by Gasteiger charge is 2.35. The van der Waals surface area contributed by atoms with E-state index in [2.05, 4.69) is 5.32 Å². The van der Waals surface area contributed by atoms with Crippen LogP contribution in [0.5, 0.6) is 0 Å². The second-order valence-electron chi connectivity index (χ2n) is 6.22. The van der Waals surface area contributed by atoms with Crippen LogP contribution < -0.4 is 5.32 Å². The van der Waals surface area contributed by atoms with Crippen molar-refractivity contribution in [3.63, 3.8) is 0 Å². The maximum absolute atomic E-state index is 12.7. The van der Waals surface area contributed by atoms with Gasteiger partial charge in [-0.1, -0.05) is 62.4 Å². The third-order valence-corrected chi connectivity index (χ3v) is 4.85. The molecule has 1 amide bonds. The summed E-state index contributed by atoms with van der Waals surface area (Å²) in [6.07, 6.45) is 0.813. The number of rotatable bonds is 8. The summed E-state index contributed by atoms with van der Waals surface area (Å²) in [6.45, 7) is 3.59. The van der Waals surface area contributed by atoms with E-state index in [4.69, 9.17) is 0 Å². The van der Waals surface area contributed by atoms with Crippen LogP contribution in [0.4, 0.5) is 0 Å². The molecular weight excluding hydrogens is 330 g/mol. The Balaban J connectivity index is 2.25. The Morgan fingerprint density at radius 3 is 1.96 bits per heavy atom. The van der Waals surface area contributed by atoms with Crippen molar-refractivity contribution >= 4 is 17.7 Å². The molecule has 136 valence electrons. The topological polar surface area (TPSA) is 83.5 Å². The molecule has 0 aliphatic carbocycles. The molecule has 2 rings (SSSR count). The maximum atomic E-state index is 12.7. The van der Waals surface area contributed by atoms with Gasteiger partial charge < -0.3 is 10.4 Å². The van der Waals surface area contributed by atoms with E-state index in [-0.39, 0.29) is 17.9 Å². The first kappa shape index (κ1) is 19.4. The molecule has 2 aromatic rings. The van der Waals surface area contributed by atoms with Gasteiger partial charge in [0, 0.05) is 17.7 Å². The summed E-state index contributed by atoms with van der Waals surface area (Å²) < 4.78 is 0. The summed E-state index contributed by atoms with van der Waals surface area (Å²) in [6, 6.07) is 15.3. The fourth-order valence-corrected chi connectivity index (χ4v) is 2.85. The van der Waals surface area contributed by atoms with Crippen molar-refractivity contribution in [1.82, 2.24) is 5.32 Å². The highest BCUT2D eigenvalue weighted by atomic mass is 16.4. The SMILES string of the molecule is CCC(CC)(CNC(=O)c1ccccc1C(=O)c1ccccc1)C(=O)O. The fraction of sp³-hybridized carbons (Fsp3) is 0.286. The van der Waals surface area contributed by atoms with Gasteiger partial charge in [0.05, 0.1) is 11.0 Å². The molecule has 26 heavy (non-hydrogen) atoms. The second-order valence-corrected chi connectivity index (χ2v) is 6.22. The van der Waals surface area contributed by atoms with E-state index in [0.717, 1.165) is 0 Å². The van der Waals surface area contributed by atoms with E-state index in [9.17, 15) is 19.5 Å². The average molecular weight is 353 g/mol. The van der Waals surface area contributed by atoms with Crippen LogP contribution in [0.15, 0.2) is 54.6 Å². The van der Waals surface area contributed by atoms with Gasteiger partial charge in [0.15, 0.2) is 5.78 Å². The predicted molar refractivity (Wildman–Crippen MR) is 99.3 cm³/mol. The van der Waals surface area contributed by atoms with E-state index < -0.39 is 17.3 Å². The summed E-state index contributed by atoms with van der Waals surface area (Å²) in [5.41, 5.74) is 0.0290. The summed E-state index contributed by atoms with van der Waals surface area (Å²) >= 11 is 0. The molecular formula is C21H23NO4. The molecule has 5 nitrogen and oxygen atoms in total. The molecule has 2 aromatic carbocycles. The highest BCUT2D eigenvalue weighted by Crippen LogP contribution is 2.26. The predicted octanol–water partition coefficient (Wildman–Crippen LogP) is 3.54. The van der Waals surface area contributed by atoms with E-state index in [1.165, 1.54) is 0 Å². The molecule has 0 aliphatic rings. The number of ketones is 1. The second kappa shape index (κ2) is 8.43. The summed E-state index contributed by atoms with van der Waals surface area (Å²) in [7, 11) is 0. The van der Waals surface area contributed by atoms with Crippen LogP contribution in [0.1, 0.15) is 53.0 Å². The Kier molecular flexibility index (Phi) is 6.28. The Hall–Kier alpha value is -2.95. The molecule has 2 N–H and O–H groups in total. The number of aliphatic carboxylic acids is 1. The van der Waals surface area contributed by atoms with Crippen LogP contribution >= 0.6 is 0 Å². The molecule has 0 radical (unpaired) electrons. The van der Waals surface area contributed by atoms with Gasteiger partial charge in [-0.05, 0) is 18.9 Å². The first-order chi connectivity index (χ1) is 12.4. The summed E-state index contributed by atoms with van der Waals surface area (Å²) in [4.78, 5) is 37.0. The van der Waals surface area contributed by atoms with Crippen molar-refractivity contribution in [3.8, 4) is 0 Å². The van der Waals surface area contributed by atoms with Crippen LogP contribution in [0.25, 0.3) is 0 Å². The Labute approximate surface area is 153 Å². The summed E-state index contributed by atoms with van der Waals surface area (Å²) in [5, 5.41) is 12.2. The molecule has 5 heteroatoms. The molecule has 0 spiro atoms. The minimum absolute atomic E-state index is 0.0159. The van der Waals surface area contributed by atoms with Gasteiger partial charge in [-0.25, -0.2) is 0 Å². The number of nitrogens with one attached hydrogen (secondary N) is 1. The Bertz CT molecular complexity index is 795. The lowest BCUT2D eigenvalue weighted by Gasteiger charge is -2.27. The van der Waals surface area contributed by atoms with Crippen molar-refractivity contribution in [1.29, 1.82) is 0 Å². The van der Waals surface area contributed by atoms with E-state index in [1.54, 1.807) is 62.4 Å². The lowest BCUT2D eigenvalue weighted by Crippen LogP contribution is -2.42. The van der Waals surface area contributed by atoms with Gasteiger partial charge >= 0.3 is 5.97 Å². The zero-order valence-electron chi connectivity index (χ0n) is 15.0. The number of carbonyl (C=O) groups excluding carboxylic acids is 2. The average Bonchev–Trinajstić information content (AvgIpc) is 2.69. The van der Waals surface area contributed by atoms with Gasteiger partial charge in [-0.2, -0.15) is 0 Å². The van der Waals surface area contributed by atoms with Gasteiger partial charge in [-0.3, -0.25) is 14.4 Å². The number of carbonyl (C=O) groups is 3. The van der Waals surface area contributed by atoms with Crippen molar-refractivity contribution in [2.24, 2.45) is 5.41 Å². The lowest BCUT2D eigenvalue weighted by atomic mass is 9.82. The first-order valence-corrected chi connectivity index (χ1v) is 8.65. The Morgan fingerprint density at radius 1 is 0.885 bits per heavy atom. The van der Waals surface area contributed by atoms with E-state index in [1.807, 2.05) is 6.07 Å². The number of amides is 1. The molecule has 0 unspecified atom stereocenters. The molecule has 0 saturated heterocycles. The maximum Gasteiger partial charge on any atom is 0.311 e. The number of carboxylic acids is 1. The van der Waals surface area contributed by atoms with Crippen molar-refractivity contribution in [2.45, 2.75) is 26.7 Å². The molecule has 0 atom stereocenters. The number of benzene rings is 2. The number of hydrogen-bond donors (Lipinski definition) is 2. The molecule has 0 aliphatic heterocycles. The largest absolute Gasteiger partial charge is 0.481 e. The first-order valence-electron chi connectivity index (χ1n) is 8.65. The fourth-order valence-electron chi connectivity index (χ4n) is 2.85. The van der Waals surface area contributed by atoms with Gasteiger partial charge in [0.2, 0.25) is 0 Å². The van der Waals surface area contributed by atoms with Crippen LogP contribution in [0.3, 0.4) is 0 Å². The standard InChI is InChI=1S/C21H23NO4/c1-3-21(4-2,20(25)26)14-22-19(24)17-13-9-8-12-16(17)18(23)15-10-6-5-7-11-15/h5-13H,3-4,14H2,1-2H3,(H,22,24)(H,25,26). The Morgan fingerprint density at radius 2 is 1.42 bits per heavy atom. The highest BCUT2D eigenvalue weighted by molar-refractivity contribution is 6.15. The third kappa shape index (κ3) is 3.99. The number of carboxylic acid groups (broad SMARTS) is 1. The summed E-state index contributed by atoms with van der Waals surface area (Å²) in [5.74, 6) is -1.62. The zero-order valence-corrected chi connectivity index (χ0v) is 15.0. The zero-order chi connectivity index (χ0) is 19.2. The molecule has 0 aromatic heterocycles. The van der Waals surface area contributed by atoms with Gasteiger partial charge in [0.1, 0.15) is 0 Å². The van der Waals surface area contributed by atoms with Crippen LogP contribution in [0, 0.1) is 5.41 Å². The van der Waals surface area contributed by atoms with Crippen molar-refractivity contribution < 1.29 is 19.5 Å². The quantitative estimate of drug-likeness (QED) is 0.711. The monoisotopic (exact) mass is 353 g/mol. The minimum Gasteiger partial charge on any atom is -0.481 e. The third-order valence-electron chi connectivity index (χ3n) is 4.85. The molecule has 0 fully saturated rings. The normalized spacial score (nSPS) is 11.0.